The van der Waals surface area contributed by atoms with Crippen LogP contribution in [0, 0.1) is 11.8 Å². The Morgan fingerprint density at radius 1 is 1.17 bits per heavy atom. The first-order valence-electron chi connectivity index (χ1n) is 8.01. The highest BCUT2D eigenvalue weighted by Gasteiger charge is 2.56. The van der Waals surface area contributed by atoms with Crippen LogP contribution >= 0.6 is 0 Å². The second-order valence-corrected chi connectivity index (χ2v) is 6.25. The fraction of sp³-hybridized carbons (Fsp3) is 0.333. The number of rotatable bonds is 4. The number of pyridine rings is 1. The minimum atomic E-state index is -0.0818. The summed E-state index contributed by atoms with van der Waals surface area (Å²) in [5.74, 6) is 2.04. The predicted molar refractivity (Wildman–Crippen MR) is 90.7 cm³/mol. The third-order valence-electron chi connectivity index (χ3n) is 4.88. The van der Waals surface area contributed by atoms with Crippen LogP contribution in [0.1, 0.15) is 10.4 Å². The number of fused-ring (bicyclic) bond motifs is 1. The summed E-state index contributed by atoms with van der Waals surface area (Å²) >= 11 is 0. The standard InChI is InChI=1S/C18H20N4O/c1-19-18(23)12-7-8-20-16(9-12)21-17-14-10-22(11-15(14)17)13-5-3-2-4-6-13/h2-9,14-15,17H,10-11H2,1H3,(H,19,23)(H,20,21)/t14-,15+,17?. The van der Waals surface area contributed by atoms with E-state index in [0.29, 0.717) is 23.4 Å². The second-order valence-electron chi connectivity index (χ2n) is 6.25. The van der Waals surface area contributed by atoms with Gasteiger partial charge in [0.05, 0.1) is 0 Å². The molecule has 2 aromatic rings. The molecule has 5 nitrogen and oxygen atoms in total. The molecule has 1 aliphatic heterocycles. The molecule has 0 radical (unpaired) electrons. The number of piperidine rings is 1. The van der Waals surface area contributed by atoms with Crippen molar-refractivity contribution in [3.05, 3.63) is 54.2 Å². The zero-order valence-corrected chi connectivity index (χ0v) is 13.1. The van der Waals surface area contributed by atoms with Gasteiger partial charge in [0, 0.05) is 55.5 Å². The summed E-state index contributed by atoms with van der Waals surface area (Å²) in [6.07, 6.45) is 1.68. The molecule has 23 heavy (non-hydrogen) atoms. The van der Waals surface area contributed by atoms with Crippen molar-refractivity contribution in [3.8, 4) is 0 Å². The highest BCUT2D eigenvalue weighted by Crippen LogP contribution is 2.48. The van der Waals surface area contributed by atoms with Crippen molar-refractivity contribution in [1.82, 2.24) is 10.3 Å². The molecule has 1 aliphatic carbocycles. The summed E-state index contributed by atoms with van der Waals surface area (Å²) in [7, 11) is 1.64. The lowest BCUT2D eigenvalue weighted by Gasteiger charge is -2.22. The van der Waals surface area contributed by atoms with Crippen molar-refractivity contribution in [1.29, 1.82) is 0 Å². The van der Waals surface area contributed by atoms with Crippen molar-refractivity contribution >= 4 is 17.4 Å². The predicted octanol–water partition coefficient (Wildman–Crippen LogP) is 1.99. The first kappa shape index (κ1) is 14.1. The fourth-order valence-electron chi connectivity index (χ4n) is 3.56. The van der Waals surface area contributed by atoms with Crippen LogP contribution in [0.25, 0.3) is 0 Å². The Hall–Kier alpha value is -2.56. The zero-order chi connectivity index (χ0) is 15.8. The topological polar surface area (TPSA) is 57.3 Å². The van der Waals surface area contributed by atoms with Crippen LogP contribution in [-0.4, -0.2) is 37.1 Å². The molecule has 1 saturated heterocycles. The van der Waals surface area contributed by atoms with E-state index in [1.54, 1.807) is 19.3 Å². The van der Waals surface area contributed by atoms with Crippen LogP contribution in [0.15, 0.2) is 48.7 Å². The lowest BCUT2D eigenvalue weighted by molar-refractivity contribution is 0.0963. The number of amides is 1. The van der Waals surface area contributed by atoms with E-state index in [1.807, 2.05) is 6.07 Å². The van der Waals surface area contributed by atoms with Gasteiger partial charge in [-0.3, -0.25) is 4.79 Å². The Bertz CT molecular complexity index is 706. The van der Waals surface area contributed by atoms with E-state index in [0.717, 1.165) is 18.9 Å². The normalized spacial score (nSPS) is 24.9. The van der Waals surface area contributed by atoms with Gasteiger partial charge in [-0.1, -0.05) is 18.2 Å². The molecule has 4 rings (SSSR count). The van der Waals surface area contributed by atoms with Crippen LogP contribution in [0.5, 0.6) is 0 Å². The number of hydrogen-bond donors (Lipinski definition) is 2. The fourth-order valence-corrected chi connectivity index (χ4v) is 3.56. The van der Waals surface area contributed by atoms with Gasteiger partial charge >= 0.3 is 0 Å². The first-order valence-corrected chi connectivity index (χ1v) is 8.01. The minimum Gasteiger partial charge on any atom is -0.371 e. The molecule has 2 aliphatic rings. The number of nitrogens with zero attached hydrogens (tertiary/aromatic N) is 2. The van der Waals surface area contributed by atoms with Crippen molar-refractivity contribution in [2.75, 3.05) is 30.4 Å². The number of aromatic nitrogens is 1. The van der Waals surface area contributed by atoms with E-state index < -0.39 is 0 Å². The number of carbonyl (C=O) groups is 1. The Kier molecular flexibility index (Phi) is 3.41. The van der Waals surface area contributed by atoms with E-state index in [2.05, 4.69) is 50.8 Å². The molecule has 2 heterocycles. The lowest BCUT2D eigenvalue weighted by Crippen LogP contribution is -2.27. The van der Waals surface area contributed by atoms with Crippen LogP contribution in [0.4, 0.5) is 11.5 Å². The summed E-state index contributed by atoms with van der Waals surface area (Å²) in [6.45, 7) is 2.17. The molecular formula is C18H20N4O. The van der Waals surface area contributed by atoms with Crippen molar-refractivity contribution in [2.45, 2.75) is 6.04 Å². The SMILES string of the molecule is CNC(=O)c1ccnc(NC2[C@H]3CN(c4ccccc4)C[C@@H]23)c1. The summed E-state index contributed by atoms with van der Waals surface area (Å²) in [5.41, 5.74) is 1.94. The average molecular weight is 308 g/mol. The van der Waals surface area contributed by atoms with Crippen LogP contribution in [0.2, 0.25) is 0 Å². The van der Waals surface area contributed by atoms with Crippen molar-refractivity contribution < 1.29 is 4.79 Å². The maximum atomic E-state index is 11.7. The summed E-state index contributed by atoms with van der Waals surface area (Å²) in [4.78, 5) is 18.5. The second kappa shape index (κ2) is 5.57. The van der Waals surface area contributed by atoms with Gasteiger partial charge < -0.3 is 15.5 Å². The number of hydrogen-bond acceptors (Lipinski definition) is 4. The van der Waals surface area contributed by atoms with E-state index in [1.165, 1.54) is 5.69 Å². The summed E-state index contributed by atoms with van der Waals surface area (Å²) in [6, 6.07) is 14.6. The molecule has 1 aromatic heterocycles. The van der Waals surface area contributed by atoms with Crippen molar-refractivity contribution in [3.63, 3.8) is 0 Å². The van der Waals surface area contributed by atoms with Crippen LogP contribution in [0.3, 0.4) is 0 Å². The summed E-state index contributed by atoms with van der Waals surface area (Å²) in [5, 5.41) is 6.13. The molecule has 1 aromatic carbocycles. The number of anilines is 2. The Balaban J connectivity index is 1.38. The third kappa shape index (κ3) is 2.63. The molecule has 0 spiro atoms. The quantitative estimate of drug-likeness (QED) is 0.907. The molecule has 5 heteroatoms. The Morgan fingerprint density at radius 2 is 1.91 bits per heavy atom. The minimum absolute atomic E-state index is 0.0818. The van der Waals surface area contributed by atoms with Gasteiger partial charge in [0.25, 0.3) is 5.91 Å². The zero-order valence-electron chi connectivity index (χ0n) is 13.1. The molecule has 3 atom stereocenters. The van der Waals surface area contributed by atoms with Gasteiger partial charge in [-0.25, -0.2) is 4.98 Å². The molecule has 0 bridgehead atoms. The van der Waals surface area contributed by atoms with Crippen molar-refractivity contribution in [2.24, 2.45) is 11.8 Å². The van der Waals surface area contributed by atoms with E-state index in [9.17, 15) is 4.79 Å². The Morgan fingerprint density at radius 3 is 2.61 bits per heavy atom. The van der Waals surface area contributed by atoms with Gasteiger partial charge in [-0.05, 0) is 24.3 Å². The number of nitrogens with one attached hydrogen (secondary N) is 2. The van der Waals surface area contributed by atoms with Gasteiger partial charge in [-0.2, -0.15) is 0 Å². The number of para-hydroxylation sites is 1. The monoisotopic (exact) mass is 308 g/mol. The highest BCUT2D eigenvalue weighted by atomic mass is 16.1. The van der Waals surface area contributed by atoms with E-state index >= 15 is 0 Å². The van der Waals surface area contributed by atoms with E-state index in [-0.39, 0.29) is 5.91 Å². The van der Waals surface area contributed by atoms with Gasteiger partial charge in [0.15, 0.2) is 0 Å². The third-order valence-corrected chi connectivity index (χ3v) is 4.88. The largest absolute Gasteiger partial charge is 0.371 e. The molecular weight excluding hydrogens is 288 g/mol. The summed E-state index contributed by atoms with van der Waals surface area (Å²) < 4.78 is 0. The molecule has 2 fully saturated rings. The maximum Gasteiger partial charge on any atom is 0.251 e. The molecule has 118 valence electrons. The molecule has 1 amide bonds. The maximum absolute atomic E-state index is 11.7. The van der Waals surface area contributed by atoms with Gasteiger partial charge in [0.2, 0.25) is 0 Å². The van der Waals surface area contributed by atoms with E-state index in [4.69, 9.17) is 0 Å². The molecule has 1 saturated carbocycles. The Labute approximate surface area is 135 Å². The molecule has 2 N–H and O–H groups in total. The smallest absolute Gasteiger partial charge is 0.251 e. The lowest BCUT2D eigenvalue weighted by atomic mass is 10.2. The van der Waals surface area contributed by atoms with Gasteiger partial charge in [-0.15, -0.1) is 0 Å². The number of benzene rings is 1. The van der Waals surface area contributed by atoms with Gasteiger partial charge in [0.1, 0.15) is 5.82 Å². The first-order chi connectivity index (χ1) is 11.3. The number of carbonyl (C=O) groups excluding carboxylic acids is 1. The van der Waals surface area contributed by atoms with Crippen LogP contribution < -0.4 is 15.5 Å². The van der Waals surface area contributed by atoms with Crippen LogP contribution in [-0.2, 0) is 0 Å². The average Bonchev–Trinajstić information content (AvgIpc) is 3.05. The molecule has 1 unspecified atom stereocenters. The highest BCUT2D eigenvalue weighted by molar-refractivity contribution is 5.94.